The van der Waals surface area contributed by atoms with Crippen LogP contribution in [0.3, 0.4) is 0 Å². The Kier molecular flexibility index (Phi) is 4.76. The molecule has 1 aromatic rings. The first-order chi connectivity index (χ1) is 9.11. The molecule has 1 N–H and O–H groups in total. The highest BCUT2D eigenvalue weighted by Crippen LogP contribution is 2.19. The molecule has 0 saturated heterocycles. The molecule has 0 aromatic heterocycles. The minimum absolute atomic E-state index is 0.305. The van der Waals surface area contributed by atoms with Gasteiger partial charge in [-0.2, -0.15) is 0 Å². The average Bonchev–Trinajstić information content (AvgIpc) is 2.35. The lowest BCUT2D eigenvalue weighted by Gasteiger charge is -2.23. The largest absolute Gasteiger partial charge is 0.488 e. The molecule has 0 aliphatic rings. The number of likely N-dealkylation sites (N-methyl/N-ethyl adjacent to an activating group) is 1. The number of hydrogen-bond acceptors (Lipinski definition) is 3. The number of carbonyl (C=O) groups excluding carboxylic acids is 1. The van der Waals surface area contributed by atoms with Crippen LogP contribution in [0.15, 0.2) is 24.3 Å². The molecule has 5 heteroatoms. The highest BCUT2D eigenvalue weighted by atomic mass is 16.5. The molecule has 5 nitrogen and oxygen atoms in total. The van der Waals surface area contributed by atoms with Crippen molar-refractivity contribution in [1.82, 2.24) is 4.90 Å². The Hall–Kier alpha value is -2.04. The van der Waals surface area contributed by atoms with Crippen LogP contribution in [-0.2, 0) is 4.79 Å². The van der Waals surface area contributed by atoms with Crippen molar-refractivity contribution < 1.29 is 19.4 Å². The Morgan fingerprint density at radius 1 is 1.20 bits per heavy atom. The number of amides is 1. The van der Waals surface area contributed by atoms with Crippen molar-refractivity contribution in [3.63, 3.8) is 0 Å². The monoisotopic (exact) mass is 279 g/mol. The number of hydrogen-bond donors (Lipinski definition) is 1. The summed E-state index contributed by atoms with van der Waals surface area (Å²) in [6.45, 7) is 7.29. The molecule has 0 aliphatic heterocycles. The lowest BCUT2D eigenvalue weighted by Crippen LogP contribution is -2.40. The summed E-state index contributed by atoms with van der Waals surface area (Å²) < 4.78 is 5.66. The molecule has 20 heavy (non-hydrogen) atoms. The summed E-state index contributed by atoms with van der Waals surface area (Å²) >= 11 is 0. The predicted octanol–water partition coefficient (Wildman–Crippen LogP) is 2.41. The Morgan fingerprint density at radius 2 is 1.70 bits per heavy atom. The van der Waals surface area contributed by atoms with Crippen LogP contribution >= 0.6 is 0 Å². The summed E-state index contributed by atoms with van der Waals surface area (Å²) in [5.41, 5.74) is 0.127. The fourth-order valence-corrected chi connectivity index (χ4v) is 1.56. The molecule has 0 saturated carbocycles. The Labute approximate surface area is 119 Å². The standard InChI is InChI=1S/C15H21NO4/c1-10(14(18)19)16(5)13(17)11-6-8-12(9-7-11)20-15(2,3)4/h6-10H,1-5H3,(H,18,19). The second kappa shape index (κ2) is 5.94. The van der Waals surface area contributed by atoms with Gasteiger partial charge in [-0.1, -0.05) is 0 Å². The number of aliphatic carboxylic acids is 1. The van der Waals surface area contributed by atoms with Crippen LogP contribution in [-0.4, -0.2) is 40.6 Å². The third-order valence-corrected chi connectivity index (χ3v) is 2.78. The fraction of sp³-hybridized carbons (Fsp3) is 0.467. The topological polar surface area (TPSA) is 66.8 Å². The van der Waals surface area contributed by atoms with Gasteiger partial charge in [0.25, 0.3) is 5.91 Å². The van der Waals surface area contributed by atoms with Gasteiger partial charge < -0.3 is 14.7 Å². The van der Waals surface area contributed by atoms with Crippen molar-refractivity contribution >= 4 is 11.9 Å². The van der Waals surface area contributed by atoms with Crippen LogP contribution in [0.25, 0.3) is 0 Å². The molecule has 0 fully saturated rings. The third kappa shape index (κ3) is 4.26. The molecule has 1 aromatic carbocycles. The van der Waals surface area contributed by atoms with E-state index in [0.717, 1.165) is 0 Å². The van der Waals surface area contributed by atoms with Crippen LogP contribution in [0.2, 0.25) is 0 Å². The number of nitrogens with zero attached hydrogens (tertiary/aromatic N) is 1. The number of benzene rings is 1. The smallest absolute Gasteiger partial charge is 0.326 e. The summed E-state index contributed by atoms with van der Waals surface area (Å²) in [6.07, 6.45) is 0. The molecule has 0 spiro atoms. The van der Waals surface area contributed by atoms with Crippen LogP contribution in [0.1, 0.15) is 38.1 Å². The molecule has 0 aliphatic carbocycles. The number of ether oxygens (including phenoxy) is 1. The van der Waals surface area contributed by atoms with Crippen molar-refractivity contribution in [2.75, 3.05) is 7.05 Å². The number of carboxylic acid groups (broad SMARTS) is 1. The number of carbonyl (C=O) groups is 2. The lowest BCUT2D eigenvalue weighted by atomic mass is 10.1. The molecule has 0 radical (unpaired) electrons. The zero-order valence-corrected chi connectivity index (χ0v) is 12.5. The van der Waals surface area contributed by atoms with Crippen molar-refractivity contribution in [2.24, 2.45) is 0 Å². The van der Waals surface area contributed by atoms with Crippen LogP contribution in [0.5, 0.6) is 5.75 Å². The minimum atomic E-state index is -1.03. The Bertz CT molecular complexity index is 488. The zero-order chi connectivity index (χ0) is 15.5. The first-order valence-corrected chi connectivity index (χ1v) is 6.41. The van der Waals surface area contributed by atoms with Gasteiger partial charge in [-0.05, 0) is 52.0 Å². The maximum Gasteiger partial charge on any atom is 0.326 e. The van der Waals surface area contributed by atoms with E-state index >= 15 is 0 Å². The second-order valence-corrected chi connectivity index (χ2v) is 5.67. The van der Waals surface area contributed by atoms with E-state index in [1.165, 1.54) is 18.9 Å². The molecule has 1 unspecified atom stereocenters. The van der Waals surface area contributed by atoms with Gasteiger partial charge in [-0.25, -0.2) is 4.79 Å². The molecule has 1 rings (SSSR count). The van der Waals surface area contributed by atoms with Crippen LogP contribution in [0, 0.1) is 0 Å². The van der Waals surface area contributed by atoms with Crippen molar-refractivity contribution in [3.8, 4) is 5.75 Å². The predicted molar refractivity (Wildman–Crippen MR) is 76.0 cm³/mol. The van der Waals surface area contributed by atoms with E-state index in [1.807, 2.05) is 20.8 Å². The summed E-state index contributed by atoms with van der Waals surface area (Å²) in [6, 6.07) is 5.81. The van der Waals surface area contributed by atoms with Gasteiger partial charge in [0, 0.05) is 12.6 Å². The van der Waals surface area contributed by atoms with Gasteiger partial charge in [0.15, 0.2) is 0 Å². The summed E-state index contributed by atoms with van der Waals surface area (Å²) in [5, 5.41) is 8.91. The van der Waals surface area contributed by atoms with E-state index in [0.29, 0.717) is 11.3 Å². The highest BCUT2D eigenvalue weighted by molar-refractivity contribution is 5.96. The van der Waals surface area contributed by atoms with E-state index < -0.39 is 12.0 Å². The highest BCUT2D eigenvalue weighted by Gasteiger charge is 2.22. The van der Waals surface area contributed by atoms with Gasteiger partial charge in [-0.3, -0.25) is 4.79 Å². The Balaban J connectivity index is 2.83. The van der Waals surface area contributed by atoms with Gasteiger partial charge in [0.2, 0.25) is 0 Å². The molecule has 1 amide bonds. The van der Waals surface area contributed by atoms with E-state index in [9.17, 15) is 9.59 Å². The zero-order valence-electron chi connectivity index (χ0n) is 12.5. The van der Waals surface area contributed by atoms with Gasteiger partial charge in [-0.15, -0.1) is 0 Å². The lowest BCUT2D eigenvalue weighted by molar-refractivity contribution is -0.141. The maximum atomic E-state index is 12.1. The molecule has 1 atom stereocenters. The Morgan fingerprint density at radius 3 is 2.10 bits per heavy atom. The van der Waals surface area contributed by atoms with Crippen LogP contribution < -0.4 is 4.74 Å². The van der Waals surface area contributed by atoms with Gasteiger partial charge >= 0.3 is 5.97 Å². The molecular weight excluding hydrogens is 258 g/mol. The normalized spacial score (nSPS) is 12.7. The van der Waals surface area contributed by atoms with E-state index in [-0.39, 0.29) is 11.5 Å². The summed E-state index contributed by atoms with van der Waals surface area (Å²) in [4.78, 5) is 24.2. The fourth-order valence-electron chi connectivity index (χ4n) is 1.56. The van der Waals surface area contributed by atoms with Gasteiger partial charge in [0.05, 0.1) is 0 Å². The first-order valence-electron chi connectivity index (χ1n) is 6.41. The second-order valence-electron chi connectivity index (χ2n) is 5.67. The summed E-state index contributed by atoms with van der Waals surface area (Å²) in [5.74, 6) is -0.696. The molecular formula is C15H21NO4. The summed E-state index contributed by atoms with van der Waals surface area (Å²) in [7, 11) is 1.47. The van der Waals surface area contributed by atoms with E-state index in [2.05, 4.69) is 0 Å². The van der Waals surface area contributed by atoms with Crippen molar-refractivity contribution in [1.29, 1.82) is 0 Å². The SMILES string of the molecule is CC(C(=O)O)N(C)C(=O)c1ccc(OC(C)(C)C)cc1. The average molecular weight is 279 g/mol. The van der Waals surface area contributed by atoms with E-state index in [1.54, 1.807) is 24.3 Å². The van der Waals surface area contributed by atoms with Crippen LogP contribution in [0.4, 0.5) is 0 Å². The quantitative estimate of drug-likeness (QED) is 0.919. The number of rotatable bonds is 4. The molecule has 110 valence electrons. The molecule has 0 bridgehead atoms. The maximum absolute atomic E-state index is 12.1. The van der Waals surface area contributed by atoms with Crippen molar-refractivity contribution in [2.45, 2.75) is 39.3 Å². The minimum Gasteiger partial charge on any atom is -0.488 e. The van der Waals surface area contributed by atoms with Gasteiger partial charge in [0.1, 0.15) is 17.4 Å². The third-order valence-electron chi connectivity index (χ3n) is 2.78. The molecule has 0 heterocycles. The van der Waals surface area contributed by atoms with E-state index in [4.69, 9.17) is 9.84 Å². The van der Waals surface area contributed by atoms with Crippen molar-refractivity contribution in [3.05, 3.63) is 29.8 Å². The first kappa shape index (κ1) is 16.0. The number of carboxylic acids is 1.